The van der Waals surface area contributed by atoms with E-state index >= 15 is 0 Å². The van der Waals surface area contributed by atoms with E-state index < -0.39 is 5.41 Å². The molecule has 0 saturated carbocycles. The zero-order chi connectivity index (χ0) is 14.3. The molecule has 2 aromatic rings. The Labute approximate surface area is 116 Å². The largest absolute Gasteiger partial charge is 0.310 e. The number of nitrogens with one attached hydrogen (secondary N) is 2. The molecule has 104 valence electrons. The maximum Gasteiger partial charge on any atom is 0.255 e. The van der Waals surface area contributed by atoms with E-state index in [0.717, 1.165) is 11.3 Å². The van der Waals surface area contributed by atoms with Crippen LogP contribution in [0.2, 0.25) is 0 Å². The topological polar surface area (TPSA) is 57.8 Å². The van der Waals surface area contributed by atoms with Gasteiger partial charge in [0, 0.05) is 18.5 Å². The first-order valence-corrected chi connectivity index (χ1v) is 6.58. The van der Waals surface area contributed by atoms with E-state index in [4.69, 9.17) is 0 Å². The van der Waals surface area contributed by atoms with Gasteiger partial charge in [0.25, 0.3) is 5.56 Å². The van der Waals surface area contributed by atoms with E-state index in [1.165, 1.54) is 12.1 Å². The Kier molecular flexibility index (Phi) is 2.94. The first-order chi connectivity index (χ1) is 9.48. The predicted octanol–water partition coefficient (Wildman–Crippen LogP) is 1.84. The Morgan fingerprint density at radius 1 is 1.20 bits per heavy atom. The molecule has 5 heteroatoms. The van der Waals surface area contributed by atoms with Gasteiger partial charge in [-0.05, 0) is 31.5 Å². The molecule has 1 aromatic heterocycles. The van der Waals surface area contributed by atoms with Gasteiger partial charge in [-0.15, -0.1) is 0 Å². The highest BCUT2D eigenvalue weighted by Gasteiger charge is 2.28. The van der Waals surface area contributed by atoms with Crippen LogP contribution < -0.4 is 10.9 Å². The van der Waals surface area contributed by atoms with Crippen LogP contribution in [0.3, 0.4) is 0 Å². The van der Waals surface area contributed by atoms with Crippen LogP contribution >= 0.6 is 0 Å². The van der Waals surface area contributed by atoms with E-state index in [9.17, 15) is 9.18 Å². The monoisotopic (exact) mass is 273 g/mol. The van der Waals surface area contributed by atoms with E-state index in [1.807, 2.05) is 13.8 Å². The summed E-state index contributed by atoms with van der Waals surface area (Å²) in [6.07, 6.45) is 0. The Balaban J connectivity index is 2.09. The predicted molar refractivity (Wildman–Crippen MR) is 73.9 cm³/mol. The molecule has 0 aliphatic carbocycles. The van der Waals surface area contributed by atoms with Crippen LogP contribution in [0.4, 0.5) is 4.39 Å². The maximum absolute atomic E-state index is 13.0. The lowest BCUT2D eigenvalue weighted by Crippen LogP contribution is -2.28. The van der Waals surface area contributed by atoms with Crippen molar-refractivity contribution < 1.29 is 4.39 Å². The van der Waals surface area contributed by atoms with Gasteiger partial charge in [0.1, 0.15) is 11.6 Å². The lowest BCUT2D eigenvalue weighted by Gasteiger charge is -2.24. The second-order valence-corrected chi connectivity index (χ2v) is 5.58. The Hall–Kier alpha value is -2.01. The fraction of sp³-hybridized carbons (Fsp3) is 0.333. The van der Waals surface area contributed by atoms with Crippen molar-refractivity contribution in [3.05, 3.63) is 63.1 Å². The summed E-state index contributed by atoms with van der Waals surface area (Å²) >= 11 is 0. The second kappa shape index (κ2) is 4.52. The first kappa shape index (κ1) is 13.0. The molecule has 0 amide bonds. The summed E-state index contributed by atoms with van der Waals surface area (Å²) in [6, 6.07) is 6.29. The average molecular weight is 273 g/mol. The number of halogens is 1. The summed E-state index contributed by atoms with van der Waals surface area (Å²) in [5, 5.41) is 3.12. The third kappa shape index (κ3) is 2.04. The van der Waals surface area contributed by atoms with Crippen molar-refractivity contribution in [2.45, 2.75) is 32.4 Å². The zero-order valence-electron chi connectivity index (χ0n) is 11.5. The average Bonchev–Trinajstić information content (AvgIpc) is 2.88. The third-order valence-corrected chi connectivity index (χ3v) is 3.85. The first-order valence-electron chi connectivity index (χ1n) is 6.58. The molecule has 4 nitrogen and oxygen atoms in total. The number of aromatic nitrogens is 2. The van der Waals surface area contributed by atoms with Gasteiger partial charge in [-0.3, -0.25) is 4.79 Å². The molecule has 0 spiro atoms. The van der Waals surface area contributed by atoms with E-state index in [-0.39, 0.29) is 11.4 Å². The minimum absolute atomic E-state index is 0.0924. The van der Waals surface area contributed by atoms with Gasteiger partial charge in [-0.25, -0.2) is 9.37 Å². The van der Waals surface area contributed by atoms with Crippen molar-refractivity contribution in [3.8, 4) is 0 Å². The molecule has 2 heterocycles. The van der Waals surface area contributed by atoms with Gasteiger partial charge in [-0.2, -0.15) is 0 Å². The zero-order valence-corrected chi connectivity index (χ0v) is 11.5. The van der Waals surface area contributed by atoms with Gasteiger partial charge < -0.3 is 10.3 Å². The molecule has 3 rings (SSSR count). The molecule has 20 heavy (non-hydrogen) atoms. The number of nitrogens with zero attached hydrogens (tertiary/aromatic N) is 1. The van der Waals surface area contributed by atoms with Crippen LogP contribution in [0, 0.1) is 5.82 Å². The van der Waals surface area contributed by atoms with Gasteiger partial charge in [0.05, 0.1) is 11.3 Å². The molecule has 0 atom stereocenters. The summed E-state index contributed by atoms with van der Waals surface area (Å²) in [5.74, 6) is 0.334. The highest BCUT2D eigenvalue weighted by molar-refractivity contribution is 5.33. The standard InChI is InChI=1S/C15H16FN3O/c1-15(2,9-3-5-10(16)6-4-9)14-18-12-8-17-7-11(12)13(20)19-14/h3-6,17H,7-8H2,1-2H3,(H,18,19,20). The molecule has 0 unspecified atom stereocenters. The highest BCUT2D eigenvalue weighted by atomic mass is 19.1. The lowest BCUT2D eigenvalue weighted by atomic mass is 9.83. The molecule has 1 aliphatic heterocycles. The second-order valence-electron chi connectivity index (χ2n) is 5.58. The number of aromatic amines is 1. The molecular weight excluding hydrogens is 257 g/mol. The summed E-state index contributed by atoms with van der Waals surface area (Å²) in [6.45, 7) is 5.11. The normalized spacial score (nSPS) is 14.3. The number of H-pyrrole nitrogens is 1. The van der Waals surface area contributed by atoms with Crippen LogP contribution in [0.15, 0.2) is 29.1 Å². The maximum atomic E-state index is 13.0. The Bertz CT molecular complexity index is 704. The van der Waals surface area contributed by atoms with Gasteiger partial charge >= 0.3 is 0 Å². The van der Waals surface area contributed by atoms with Crippen LogP contribution in [0.25, 0.3) is 0 Å². The number of rotatable bonds is 2. The van der Waals surface area contributed by atoms with Gasteiger partial charge in [0.15, 0.2) is 0 Å². The number of benzene rings is 1. The number of hydrogen-bond acceptors (Lipinski definition) is 3. The summed E-state index contributed by atoms with van der Waals surface area (Å²) in [7, 11) is 0. The molecule has 0 saturated heterocycles. The summed E-state index contributed by atoms with van der Waals surface area (Å²) in [4.78, 5) is 19.5. The van der Waals surface area contributed by atoms with E-state index in [0.29, 0.717) is 24.5 Å². The lowest BCUT2D eigenvalue weighted by molar-refractivity contribution is 0.576. The fourth-order valence-electron chi connectivity index (χ4n) is 2.48. The van der Waals surface area contributed by atoms with E-state index in [2.05, 4.69) is 15.3 Å². The Morgan fingerprint density at radius 2 is 1.90 bits per heavy atom. The molecule has 0 radical (unpaired) electrons. The quantitative estimate of drug-likeness (QED) is 0.877. The van der Waals surface area contributed by atoms with Crippen molar-refractivity contribution in [1.82, 2.24) is 15.3 Å². The van der Waals surface area contributed by atoms with Crippen molar-refractivity contribution in [3.63, 3.8) is 0 Å². The number of hydrogen-bond donors (Lipinski definition) is 2. The van der Waals surface area contributed by atoms with Crippen LogP contribution in [-0.2, 0) is 18.5 Å². The molecule has 0 fully saturated rings. The van der Waals surface area contributed by atoms with Gasteiger partial charge in [-0.1, -0.05) is 12.1 Å². The van der Waals surface area contributed by atoms with Crippen LogP contribution in [0.1, 0.15) is 36.5 Å². The van der Waals surface area contributed by atoms with Crippen molar-refractivity contribution in [2.75, 3.05) is 0 Å². The smallest absolute Gasteiger partial charge is 0.255 e. The highest BCUT2D eigenvalue weighted by Crippen LogP contribution is 2.29. The molecule has 0 bridgehead atoms. The third-order valence-electron chi connectivity index (χ3n) is 3.85. The molecule has 1 aromatic carbocycles. The van der Waals surface area contributed by atoms with Gasteiger partial charge in [0.2, 0.25) is 0 Å². The van der Waals surface area contributed by atoms with Crippen molar-refractivity contribution in [2.24, 2.45) is 0 Å². The Morgan fingerprint density at radius 3 is 2.60 bits per heavy atom. The minimum atomic E-state index is -0.482. The SMILES string of the molecule is CC(C)(c1ccc(F)cc1)c1nc2c(c(=O)[nH]1)CNC2. The van der Waals surface area contributed by atoms with Crippen LogP contribution in [0.5, 0.6) is 0 Å². The summed E-state index contributed by atoms with van der Waals surface area (Å²) in [5.41, 5.74) is 1.85. The fourth-order valence-corrected chi connectivity index (χ4v) is 2.48. The summed E-state index contributed by atoms with van der Waals surface area (Å²) < 4.78 is 13.0. The molecular formula is C15H16FN3O. The van der Waals surface area contributed by atoms with Crippen molar-refractivity contribution in [1.29, 1.82) is 0 Å². The van der Waals surface area contributed by atoms with Crippen molar-refractivity contribution >= 4 is 0 Å². The van der Waals surface area contributed by atoms with Crippen LogP contribution in [-0.4, -0.2) is 9.97 Å². The number of fused-ring (bicyclic) bond motifs is 1. The molecule has 1 aliphatic rings. The minimum Gasteiger partial charge on any atom is -0.310 e. The van der Waals surface area contributed by atoms with E-state index in [1.54, 1.807) is 12.1 Å². The molecule has 2 N–H and O–H groups in total.